The lowest BCUT2D eigenvalue weighted by atomic mass is 9.99. The molecule has 92 valence electrons. The van der Waals surface area contributed by atoms with E-state index in [0.717, 1.165) is 0 Å². The van der Waals surface area contributed by atoms with Gasteiger partial charge in [0.15, 0.2) is 0 Å². The summed E-state index contributed by atoms with van der Waals surface area (Å²) in [7, 11) is 0. The number of nitrogens with zero attached hydrogens (tertiary/aromatic N) is 3. The largest absolute Gasteiger partial charge is 0.350 e. The average molecular weight is 253 g/mol. The predicted molar refractivity (Wildman–Crippen MR) is 68.3 cm³/mol. The van der Waals surface area contributed by atoms with Gasteiger partial charge >= 0.3 is 0 Å². The van der Waals surface area contributed by atoms with Crippen molar-refractivity contribution < 1.29 is 0 Å². The second kappa shape index (κ2) is 4.78. The Morgan fingerprint density at radius 3 is 2.82 bits per heavy atom. The monoisotopic (exact) mass is 252 g/mol. The normalized spacial score (nSPS) is 29.0. The van der Waals surface area contributed by atoms with Gasteiger partial charge in [0, 0.05) is 18.6 Å². The summed E-state index contributed by atoms with van der Waals surface area (Å²) in [4.78, 5) is 11.0. The maximum Gasteiger partial charge on any atom is 0.222 e. The van der Waals surface area contributed by atoms with E-state index in [1.165, 1.54) is 38.8 Å². The molecule has 0 radical (unpaired) electrons. The average Bonchev–Trinajstić information content (AvgIpc) is 2.76. The van der Waals surface area contributed by atoms with Gasteiger partial charge in [-0.15, -0.1) is 0 Å². The number of hydrogen-bond donors (Lipinski definition) is 1. The van der Waals surface area contributed by atoms with Crippen LogP contribution in [0.15, 0.2) is 12.4 Å². The summed E-state index contributed by atoms with van der Waals surface area (Å²) < 4.78 is 0. The molecule has 2 aliphatic heterocycles. The van der Waals surface area contributed by atoms with E-state index in [1.807, 2.05) is 0 Å². The zero-order valence-corrected chi connectivity index (χ0v) is 10.5. The van der Waals surface area contributed by atoms with Crippen LogP contribution in [-0.4, -0.2) is 40.0 Å². The Bertz CT molecular complexity index is 381. The highest BCUT2D eigenvalue weighted by Crippen LogP contribution is 2.28. The molecule has 1 aromatic rings. The molecule has 0 aliphatic carbocycles. The fourth-order valence-electron chi connectivity index (χ4n) is 2.97. The highest BCUT2D eigenvalue weighted by molar-refractivity contribution is 6.30. The van der Waals surface area contributed by atoms with E-state index in [9.17, 15) is 0 Å². The van der Waals surface area contributed by atoms with Crippen molar-refractivity contribution in [2.75, 3.05) is 18.4 Å². The van der Waals surface area contributed by atoms with Crippen molar-refractivity contribution >= 4 is 17.5 Å². The summed E-state index contributed by atoms with van der Waals surface area (Å²) >= 11 is 5.78. The third-order valence-electron chi connectivity index (χ3n) is 3.79. The van der Waals surface area contributed by atoms with Crippen LogP contribution in [-0.2, 0) is 0 Å². The van der Waals surface area contributed by atoms with Gasteiger partial charge in [-0.2, -0.15) is 0 Å². The zero-order chi connectivity index (χ0) is 11.7. The van der Waals surface area contributed by atoms with E-state index in [2.05, 4.69) is 20.2 Å². The molecule has 2 atom stereocenters. The fourth-order valence-corrected chi connectivity index (χ4v) is 3.07. The highest BCUT2D eigenvalue weighted by atomic mass is 35.5. The van der Waals surface area contributed by atoms with Gasteiger partial charge in [-0.1, -0.05) is 18.0 Å². The Morgan fingerprint density at radius 2 is 2.00 bits per heavy atom. The van der Waals surface area contributed by atoms with Gasteiger partial charge < -0.3 is 5.32 Å². The summed E-state index contributed by atoms with van der Waals surface area (Å²) in [5.41, 5.74) is 0. The number of fused-ring (bicyclic) bond motifs is 1. The molecule has 0 bridgehead atoms. The summed E-state index contributed by atoms with van der Waals surface area (Å²) in [6, 6.07) is 1.17. The number of rotatable bonds is 2. The molecule has 0 aromatic carbocycles. The standard InChI is InChI=1S/C12H17ClN4/c13-9-7-14-12(15-8-9)16-10-4-6-17-5-2-1-3-11(10)17/h7-8,10-11H,1-6H2,(H,14,15,16)/t10-,11+/m0/s1. The third-order valence-corrected chi connectivity index (χ3v) is 3.99. The molecular formula is C12H17ClN4. The lowest BCUT2D eigenvalue weighted by Crippen LogP contribution is -2.41. The van der Waals surface area contributed by atoms with Gasteiger partial charge in [-0.05, 0) is 25.8 Å². The summed E-state index contributed by atoms with van der Waals surface area (Å²) in [5, 5.41) is 4.03. The topological polar surface area (TPSA) is 41.1 Å². The van der Waals surface area contributed by atoms with Crippen LogP contribution in [0.25, 0.3) is 0 Å². The van der Waals surface area contributed by atoms with Crippen molar-refractivity contribution in [2.45, 2.75) is 37.8 Å². The van der Waals surface area contributed by atoms with E-state index in [-0.39, 0.29) is 0 Å². The van der Waals surface area contributed by atoms with Gasteiger partial charge in [0.2, 0.25) is 5.95 Å². The molecule has 0 amide bonds. The molecule has 5 heteroatoms. The van der Waals surface area contributed by atoms with Crippen molar-refractivity contribution in [1.82, 2.24) is 14.9 Å². The molecular weight excluding hydrogens is 236 g/mol. The predicted octanol–water partition coefficient (Wildman–Crippen LogP) is 2.17. The Balaban J connectivity index is 1.67. The molecule has 1 N–H and O–H groups in total. The van der Waals surface area contributed by atoms with Crippen LogP contribution in [0.4, 0.5) is 5.95 Å². The van der Waals surface area contributed by atoms with Crippen molar-refractivity contribution in [1.29, 1.82) is 0 Å². The van der Waals surface area contributed by atoms with E-state index in [4.69, 9.17) is 11.6 Å². The SMILES string of the molecule is Clc1cnc(N[C@H]2CCN3CCCC[C@H]23)nc1. The quantitative estimate of drug-likeness (QED) is 0.876. The van der Waals surface area contributed by atoms with Crippen LogP contribution in [0.5, 0.6) is 0 Å². The van der Waals surface area contributed by atoms with Gasteiger partial charge in [0.25, 0.3) is 0 Å². The molecule has 17 heavy (non-hydrogen) atoms. The van der Waals surface area contributed by atoms with Gasteiger partial charge in [0.05, 0.1) is 17.4 Å². The molecule has 0 unspecified atom stereocenters. The number of anilines is 1. The second-order valence-corrected chi connectivity index (χ2v) is 5.30. The first-order chi connectivity index (χ1) is 8.33. The first-order valence-electron chi connectivity index (χ1n) is 6.31. The lowest BCUT2D eigenvalue weighted by molar-refractivity contribution is 0.192. The summed E-state index contributed by atoms with van der Waals surface area (Å²) in [6.45, 7) is 2.46. The Hall–Kier alpha value is -0.870. The minimum atomic E-state index is 0.497. The van der Waals surface area contributed by atoms with Crippen LogP contribution >= 0.6 is 11.6 Å². The Kier molecular flexibility index (Phi) is 3.16. The fraction of sp³-hybridized carbons (Fsp3) is 0.667. The zero-order valence-electron chi connectivity index (χ0n) is 9.77. The van der Waals surface area contributed by atoms with E-state index >= 15 is 0 Å². The summed E-state index contributed by atoms with van der Waals surface area (Å²) in [6.07, 6.45) is 8.47. The molecule has 4 nitrogen and oxygen atoms in total. The molecule has 0 saturated carbocycles. The number of piperidine rings is 1. The van der Waals surface area contributed by atoms with Crippen molar-refractivity contribution in [2.24, 2.45) is 0 Å². The molecule has 0 spiro atoms. The maximum absolute atomic E-state index is 5.78. The van der Waals surface area contributed by atoms with E-state index < -0.39 is 0 Å². The first kappa shape index (κ1) is 11.2. The minimum Gasteiger partial charge on any atom is -0.350 e. The van der Waals surface area contributed by atoms with Gasteiger partial charge in [0.1, 0.15) is 0 Å². The maximum atomic E-state index is 5.78. The highest BCUT2D eigenvalue weighted by Gasteiger charge is 2.35. The van der Waals surface area contributed by atoms with Crippen molar-refractivity contribution in [3.05, 3.63) is 17.4 Å². The number of hydrogen-bond acceptors (Lipinski definition) is 4. The molecule has 2 aliphatic rings. The van der Waals surface area contributed by atoms with Crippen molar-refractivity contribution in [3.8, 4) is 0 Å². The third kappa shape index (κ3) is 2.38. The Labute approximate surface area is 106 Å². The molecule has 1 aromatic heterocycles. The molecule has 3 heterocycles. The van der Waals surface area contributed by atoms with E-state index in [1.54, 1.807) is 12.4 Å². The van der Waals surface area contributed by atoms with Crippen LogP contribution in [0.2, 0.25) is 5.02 Å². The first-order valence-corrected chi connectivity index (χ1v) is 6.69. The molecule has 2 fully saturated rings. The lowest BCUT2D eigenvalue weighted by Gasteiger charge is -2.32. The van der Waals surface area contributed by atoms with Gasteiger partial charge in [-0.25, -0.2) is 9.97 Å². The van der Waals surface area contributed by atoms with E-state index in [0.29, 0.717) is 23.1 Å². The van der Waals surface area contributed by atoms with Crippen LogP contribution in [0.3, 0.4) is 0 Å². The Morgan fingerprint density at radius 1 is 1.18 bits per heavy atom. The smallest absolute Gasteiger partial charge is 0.222 e. The summed E-state index contributed by atoms with van der Waals surface area (Å²) in [5.74, 6) is 0.701. The van der Waals surface area contributed by atoms with Crippen LogP contribution < -0.4 is 5.32 Å². The van der Waals surface area contributed by atoms with Gasteiger partial charge in [-0.3, -0.25) is 4.90 Å². The number of aromatic nitrogens is 2. The molecule has 2 saturated heterocycles. The number of halogens is 1. The molecule has 3 rings (SSSR count). The second-order valence-electron chi connectivity index (χ2n) is 4.86. The van der Waals surface area contributed by atoms with Crippen LogP contribution in [0, 0.1) is 0 Å². The van der Waals surface area contributed by atoms with Crippen LogP contribution in [0.1, 0.15) is 25.7 Å². The number of nitrogens with one attached hydrogen (secondary N) is 1. The van der Waals surface area contributed by atoms with Crippen molar-refractivity contribution in [3.63, 3.8) is 0 Å². The minimum absolute atomic E-state index is 0.497.